The maximum Gasteiger partial charge on any atom is 0.338 e. The van der Waals surface area contributed by atoms with E-state index in [4.69, 9.17) is 15.2 Å². The molecule has 1 fully saturated rings. The van der Waals surface area contributed by atoms with Gasteiger partial charge in [0, 0.05) is 6.61 Å². The quantitative estimate of drug-likeness (QED) is 0.644. The minimum atomic E-state index is -0.541. The molecule has 92 valence electrons. The van der Waals surface area contributed by atoms with Crippen LogP contribution in [0.15, 0.2) is 18.2 Å². The van der Waals surface area contributed by atoms with Crippen molar-refractivity contribution in [3.63, 3.8) is 0 Å². The zero-order valence-electron chi connectivity index (χ0n) is 9.32. The van der Waals surface area contributed by atoms with E-state index in [2.05, 4.69) is 0 Å². The Bertz CT molecular complexity index is 416. The first kappa shape index (κ1) is 11.9. The second-order valence-corrected chi connectivity index (χ2v) is 3.97. The van der Waals surface area contributed by atoms with E-state index in [9.17, 15) is 9.18 Å². The zero-order chi connectivity index (χ0) is 12.3. The van der Waals surface area contributed by atoms with E-state index >= 15 is 0 Å². The summed E-state index contributed by atoms with van der Waals surface area (Å²) in [6.07, 6.45) is 1.88. The van der Waals surface area contributed by atoms with Crippen LogP contribution in [0.5, 0.6) is 0 Å². The van der Waals surface area contributed by atoms with Crippen molar-refractivity contribution in [2.24, 2.45) is 0 Å². The van der Waals surface area contributed by atoms with Crippen LogP contribution < -0.4 is 5.73 Å². The number of ether oxygens (including phenoxy) is 2. The molecule has 1 aromatic rings. The summed E-state index contributed by atoms with van der Waals surface area (Å²) >= 11 is 0. The average molecular weight is 239 g/mol. The topological polar surface area (TPSA) is 61.6 Å². The van der Waals surface area contributed by atoms with Crippen LogP contribution in [0.2, 0.25) is 0 Å². The second kappa shape index (κ2) is 5.14. The molecule has 1 aliphatic heterocycles. The monoisotopic (exact) mass is 239 g/mol. The third-order valence-electron chi connectivity index (χ3n) is 2.66. The Balaban J connectivity index is 1.92. The maximum atomic E-state index is 12.9. The number of carbonyl (C=O) groups is 1. The van der Waals surface area contributed by atoms with Crippen molar-refractivity contribution in [3.8, 4) is 0 Å². The van der Waals surface area contributed by atoms with Gasteiger partial charge in [-0.05, 0) is 31.0 Å². The summed E-state index contributed by atoms with van der Waals surface area (Å²) in [5, 5.41) is 0. The molecule has 1 unspecified atom stereocenters. The summed E-state index contributed by atoms with van der Waals surface area (Å²) in [7, 11) is 0. The Labute approximate surface area is 98.5 Å². The minimum Gasteiger partial charge on any atom is -0.459 e. The third-order valence-corrected chi connectivity index (χ3v) is 2.66. The molecule has 1 atom stereocenters. The number of anilines is 1. The molecular weight excluding hydrogens is 225 g/mol. The van der Waals surface area contributed by atoms with E-state index in [0.717, 1.165) is 18.9 Å². The van der Waals surface area contributed by atoms with Gasteiger partial charge in [0.1, 0.15) is 12.4 Å². The summed E-state index contributed by atoms with van der Waals surface area (Å²) in [5.74, 6) is -1.05. The Morgan fingerprint density at radius 2 is 2.41 bits per heavy atom. The van der Waals surface area contributed by atoms with E-state index < -0.39 is 11.8 Å². The number of rotatable bonds is 3. The van der Waals surface area contributed by atoms with Crippen molar-refractivity contribution in [1.29, 1.82) is 0 Å². The van der Waals surface area contributed by atoms with Gasteiger partial charge < -0.3 is 15.2 Å². The van der Waals surface area contributed by atoms with E-state index in [1.54, 1.807) is 0 Å². The van der Waals surface area contributed by atoms with Gasteiger partial charge in [-0.25, -0.2) is 9.18 Å². The Hall–Kier alpha value is -1.62. The lowest BCUT2D eigenvalue weighted by atomic mass is 10.2. The number of esters is 1. The Kier molecular flexibility index (Phi) is 3.58. The minimum absolute atomic E-state index is 0.0169. The molecule has 1 aromatic carbocycles. The van der Waals surface area contributed by atoms with E-state index in [0.29, 0.717) is 6.61 Å². The number of halogens is 1. The molecule has 0 saturated carbocycles. The van der Waals surface area contributed by atoms with Crippen LogP contribution >= 0.6 is 0 Å². The third kappa shape index (κ3) is 2.94. The smallest absolute Gasteiger partial charge is 0.338 e. The highest BCUT2D eigenvalue weighted by Gasteiger charge is 2.18. The molecule has 0 radical (unpaired) electrons. The lowest BCUT2D eigenvalue weighted by Gasteiger charge is -2.10. The molecule has 0 amide bonds. The van der Waals surface area contributed by atoms with Crippen molar-refractivity contribution >= 4 is 11.7 Å². The first-order valence-corrected chi connectivity index (χ1v) is 5.50. The van der Waals surface area contributed by atoms with Crippen LogP contribution in [0.4, 0.5) is 10.1 Å². The summed E-state index contributed by atoms with van der Waals surface area (Å²) in [6, 6.07) is 3.77. The van der Waals surface area contributed by atoms with Gasteiger partial charge in [-0.15, -0.1) is 0 Å². The first-order valence-electron chi connectivity index (χ1n) is 5.50. The molecule has 2 rings (SSSR count). The van der Waals surface area contributed by atoms with Crippen molar-refractivity contribution in [2.75, 3.05) is 18.9 Å². The molecule has 17 heavy (non-hydrogen) atoms. The molecule has 1 saturated heterocycles. The lowest BCUT2D eigenvalue weighted by Crippen LogP contribution is -2.18. The second-order valence-electron chi connectivity index (χ2n) is 3.97. The molecule has 0 bridgehead atoms. The molecule has 0 spiro atoms. The number of nitrogen functional groups attached to an aromatic ring is 1. The molecular formula is C12H14FNO3. The zero-order valence-corrected chi connectivity index (χ0v) is 9.32. The standard InChI is InChI=1S/C12H14FNO3/c13-10-4-3-8(6-11(10)14)12(15)17-7-9-2-1-5-16-9/h3-4,6,9H,1-2,5,7,14H2. The summed E-state index contributed by atoms with van der Waals surface area (Å²) in [4.78, 5) is 11.6. The highest BCUT2D eigenvalue weighted by atomic mass is 19.1. The van der Waals surface area contributed by atoms with Gasteiger partial charge in [0.15, 0.2) is 0 Å². The normalized spacial score (nSPS) is 19.2. The van der Waals surface area contributed by atoms with Crippen molar-refractivity contribution < 1.29 is 18.7 Å². The molecule has 5 heteroatoms. The fraction of sp³-hybridized carbons (Fsp3) is 0.417. The number of carbonyl (C=O) groups excluding carboxylic acids is 1. The van der Waals surface area contributed by atoms with Crippen LogP contribution in [0.1, 0.15) is 23.2 Å². The van der Waals surface area contributed by atoms with Crippen molar-refractivity contribution in [1.82, 2.24) is 0 Å². The molecule has 0 aromatic heterocycles. The van der Waals surface area contributed by atoms with Crippen molar-refractivity contribution in [2.45, 2.75) is 18.9 Å². The molecule has 1 aliphatic rings. The summed E-state index contributed by atoms with van der Waals surface area (Å²) in [5.41, 5.74) is 5.56. The van der Waals surface area contributed by atoms with E-state index in [1.807, 2.05) is 0 Å². The van der Waals surface area contributed by atoms with Gasteiger partial charge in [-0.3, -0.25) is 0 Å². The van der Waals surface area contributed by atoms with Crippen LogP contribution in [0.3, 0.4) is 0 Å². The van der Waals surface area contributed by atoms with E-state index in [1.165, 1.54) is 12.1 Å². The molecule has 2 N–H and O–H groups in total. The van der Waals surface area contributed by atoms with Gasteiger partial charge in [0.2, 0.25) is 0 Å². The maximum absolute atomic E-state index is 12.9. The number of hydrogen-bond donors (Lipinski definition) is 1. The van der Waals surface area contributed by atoms with Gasteiger partial charge >= 0.3 is 5.97 Å². The predicted molar refractivity (Wildman–Crippen MR) is 60.1 cm³/mol. The molecule has 0 aliphatic carbocycles. The predicted octanol–water partition coefficient (Wildman–Crippen LogP) is 1.74. The first-order chi connectivity index (χ1) is 8.16. The van der Waals surface area contributed by atoms with Gasteiger partial charge in [0.05, 0.1) is 17.4 Å². The van der Waals surface area contributed by atoms with Crippen LogP contribution in [-0.4, -0.2) is 25.3 Å². The highest BCUT2D eigenvalue weighted by Crippen LogP contribution is 2.15. The number of benzene rings is 1. The largest absolute Gasteiger partial charge is 0.459 e. The Morgan fingerprint density at radius 1 is 1.59 bits per heavy atom. The molecule has 4 nitrogen and oxygen atoms in total. The summed E-state index contributed by atoms with van der Waals surface area (Å²) in [6.45, 7) is 0.946. The fourth-order valence-corrected chi connectivity index (χ4v) is 1.70. The van der Waals surface area contributed by atoms with Gasteiger partial charge in [-0.1, -0.05) is 0 Å². The SMILES string of the molecule is Nc1cc(C(=O)OCC2CCCO2)ccc1F. The highest BCUT2D eigenvalue weighted by molar-refractivity contribution is 5.90. The number of nitrogens with two attached hydrogens (primary N) is 1. The van der Waals surface area contributed by atoms with Crippen LogP contribution in [-0.2, 0) is 9.47 Å². The van der Waals surface area contributed by atoms with Crippen LogP contribution in [0.25, 0.3) is 0 Å². The van der Waals surface area contributed by atoms with E-state index in [-0.39, 0.29) is 24.0 Å². The fourth-order valence-electron chi connectivity index (χ4n) is 1.70. The average Bonchev–Trinajstić information content (AvgIpc) is 2.82. The van der Waals surface area contributed by atoms with Gasteiger partial charge in [-0.2, -0.15) is 0 Å². The van der Waals surface area contributed by atoms with Gasteiger partial charge in [0.25, 0.3) is 0 Å². The van der Waals surface area contributed by atoms with Crippen molar-refractivity contribution in [3.05, 3.63) is 29.6 Å². The molecule has 1 heterocycles. The summed E-state index contributed by atoms with van der Waals surface area (Å²) < 4.78 is 23.3. The lowest BCUT2D eigenvalue weighted by molar-refractivity contribution is 0.0161. The number of hydrogen-bond acceptors (Lipinski definition) is 4. The van der Waals surface area contributed by atoms with Crippen LogP contribution in [0, 0.1) is 5.82 Å². The Morgan fingerprint density at radius 3 is 3.06 bits per heavy atom.